The number of hydrogen-bond acceptors (Lipinski definition) is 1. The fourth-order valence-corrected chi connectivity index (χ4v) is 12.2. The molecule has 10 atom stereocenters. The molecule has 5 saturated carbocycles. The number of aliphatic hydroxyl groups is 1. The third-order valence-corrected chi connectivity index (χ3v) is 13.8. The molecule has 5 aliphatic carbocycles. The molecule has 0 aromatic rings. The molecule has 1 N–H and O–H groups in total. The molecule has 5 aliphatic rings. The van der Waals surface area contributed by atoms with Crippen molar-refractivity contribution in [2.24, 2.45) is 62.6 Å². The van der Waals surface area contributed by atoms with Crippen LogP contribution in [0.1, 0.15) is 119 Å². The molecule has 5 rings (SSSR count). The minimum atomic E-state index is 0.383. The van der Waals surface area contributed by atoms with E-state index in [0.717, 1.165) is 29.6 Å². The van der Waals surface area contributed by atoms with E-state index in [1.54, 1.807) is 0 Å². The lowest BCUT2D eigenvalue weighted by Gasteiger charge is -2.73. The van der Waals surface area contributed by atoms with Crippen LogP contribution >= 0.6 is 0 Å². The van der Waals surface area contributed by atoms with Gasteiger partial charge in [-0.05, 0) is 127 Å². The number of fused-ring (bicyclic) bond motifs is 7. The van der Waals surface area contributed by atoms with Crippen molar-refractivity contribution in [3.63, 3.8) is 0 Å². The minimum absolute atomic E-state index is 0.383. The van der Waals surface area contributed by atoms with E-state index in [4.69, 9.17) is 0 Å². The molecule has 0 spiro atoms. The van der Waals surface area contributed by atoms with E-state index in [0.29, 0.717) is 39.6 Å². The summed E-state index contributed by atoms with van der Waals surface area (Å²) in [7, 11) is 0. The number of hydrogen-bond donors (Lipinski definition) is 1. The Bertz CT molecular complexity index is 711. The van der Waals surface area contributed by atoms with Crippen LogP contribution in [0.5, 0.6) is 0 Å². The van der Waals surface area contributed by atoms with Gasteiger partial charge in [0.2, 0.25) is 0 Å². The van der Waals surface area contributed by atoms with Crippen LogP contribution in [0.3, 0.4) is 0 Å². The van der Waals surface area contributed by atoms with Crippen LogP contribution in [-0.4, -0.2) is 11.7 Å². The number of rotatable bonds is 2. The second kappa shape index (κ2) is 6.99. The summed E-state index contributed by atoms with van der Waals surface area (Å²) in [5.74, 6) is 4.86. The first kappa shape index (κ1) is 22.7. The molecule has 1 nitrogen and oxygen atoms in total. The van der Waals surface area contributed by atoms with E-state index < -0.39 is 0 Å². The van der Waals surface area contributed by atoms with Crippen molar-refractivity contribution in [1.82, 2.24) is 0 Å². The SMILES string of the molecule is C[C@H](CO)C1CC[C@]2(C)[C@H]3CC[C@@H]4[C@@]5(C)CCCC(C)(C)[C@@H]5CC[C@@]4(C)[C@]3(C)CC[C@@H]12. The van der Waals surface area contributed by atoms with E-state index in [1.807, 2.05) is 0 Å². The summed E-state index contributed by atoms with van der Waals surface area (Å²) in [6.45, 7) is 18.9. The standard InChI is InChI=1S/C30H52O/c1-20(19-31)21-11-16-27(4)22(21)12-17-29(6)24(27)9-10-25-28(5)15-8-14-26(2,3)23(28)13-18-30(25,29)7/h20-25,31H,8-19H2,1-7H3/t20-,21?,22+,23+,24-,25-,27+,28+,29-,30-/m1/s1. The fourth-order valence-electron chi connectivity index (χ4n) is 12.2. The van der Waals surface area contributed by atoms with E-state index in [-0.39, 0.29) is 0 Å². The van der Waals surface area contributed by atoms with Crippen molar-refractivity contribution in [2.45, 2.75) is 119 Å². The smallest absolute Gasteiger partial charge is 0.0459 e. The van der Waals surface area contributed by atoms with Crippen LogP contribution in [-0.2, 0) is 0 Å². The Labute approximate surface area is 193 Å². The lowest BCUT2D eigenvalue weighted by molar-refractivity contribution is -0.241. The first-order valence-corrected chi connectivity index (χ1v) is 14.0. The molecular weight excluding hydrogens is 376 g/mol. The maximum atomic E-state index is 9.93. The minimum Gasteiger partial charge on any atom is -0.396 e. The van der Waals surface area contributed by atoms with Gasteiger partial charge in [-0.15, -0.1) is 0 Å². The monoisotopic (exact) mass is 428 g/mol. The van der Waals surface area contributed by atoms with Gasteiger partial charge in [0.15, 0.2) is 0 Å². The second-order valence-electron chi connectivity index (χ2n) is 15.0. The topological polar surface area (TPSA) is 20.2 Å². The van der Waals surface area contributed by atoms with Gasteiger partial charge in [0.25, 0.3) is 0 Å². The first-order chi connectivity index (χ1) is 14.4. The highest BCUT2D eigenvalue weighted by molar-refractivity contribution is 5.19. The third-order valence-electron chi connectivity index (χ3n) is 13.8. The molecule has 178 valence electrons. The lowest BCUT2D eigenvalue weighted by atomic mass is 9.32. The van der Waals surface area contributed by atoms with E-state index in [9.17, 15) is 5.11 Å². The Morgan fingerprint density at radius 3 is 1.94 bits per heavy atom. The van der Waals surface area contributed by atoms with Gasteiger partial charge in [0, 0.05) is 6.61 Å². The molecule has 0 bridgehead atoms. The highest BCUT2D eigenvalue weighted by atomic mass is 16.3. The van der Waals surface area contributed by atoms with Crippen molar-refractivity contribution < 1.29 is 5.11 Å². The van der Waals surface area contributed by atoms with E-state index in [1.165, 1.54) is 70.6 Å². The van der Waals surface area contributed by atoms with Gasteiger partial charge in [0.05, 0.1) is 0 Å². The zero-order chi connectivity index (χ0) is 22.4. The molecule has 1 heteroatoms. The highest BCUT2D eigenvalue weighted by Gasteiger charge is 2.70. The molecule has 1 unspecified atom stereocenters. The molecule has 0 heterocycles. The normalized spacial score (nSPS) is 56.7. The van der Waals surface area contributed by atoms with Crippen LogP contribution in [0.4, 0.5) is 0 Å². The van der Waals surface area contributed by atoms with Crippen LogP contribution in [0.2, 0.25) is 0 Å². The maximum absolute atomic E-state index is 9.93. The molecule has 0 radical (unpaired) electrons. The van der Waals surface area contributed by atoms with Gasteiger partial charge in [-0.2, -0.15) is 0 Å². The molecule has 31 heavy (non-hydrogen) atoms. The van der Waals surface area contributed by atoms with Crippen molar-refractivity contribution in [3.05, 3.63) is 0 Å². The van der Waals surface area contributed by atoms with Crippen molar-refractivity contribution in [2.75, 3.05) is 6.61 Å². The predicted octanol–water partition coefficient (Wildman–Crippen LogP) is 8.11. The Kier molecular flexibility index (Phi) is 5.13. The zero-order valence-corrected chi connectivity index (χ0v) is 21.9. The highest BCUT2D eigenvalue weighted by Crippen LogP contribution is 2.78. The van der Waals surface area contributed by atoms with Crippen LogP contribution < -0.4 is 0 Å². The Morgan fingerprint density at radius 2 is 1.29 bits per heavy atom. The molecule has 0 saturated heterocycles. The lowest BCUT2D eigenvalue weighted by Crippen LogP contribution is -2.65. The Balaban J connectivity index is 1.50. The Morgan fingerprint density at radius 1 is 0.677 bits per heavy atom. The third kappa shape index (κ3) is 2.77. The summed E-state index contributed by atoms with van der Waals surface area (Å²) < 4.78 is 0. The molecular formula is C30H52O. The van der Waals surface area contributed by atoms with Crippen molar-refractivity contribution >= 4 is 0 Å². The molecule has 0 amide bonds. The second-order valence-corrected chi connectivity index (χ2v) is 15.0. The van der Waals surface area contributed by atoms with E-state index in [2.05, 4.69) is 48.5 Å². The van der Waals surface area contributed by atoms with Crippen LogP contribution in [0, 0.1) is 62.6 Å². The summed E-state index contributed by atoms with van der Waals surface area (Å²) in [6.07, 6.45) is 16.0. The largest absolute Gasteiger partial charge is 0.396 e. The van der Waals surface area contributed by atoms with Gasteiger partial charge in [-0.3, -0.25) is 0 Å². The van der Waals surface area contributed by atoms with Crippen molar-refractivity contribution in [3.8, 4) is 0 Å². The summed E-state index contributed by atoms with van der Waals surface area (Å²) >= 11 is 0. The fraction of sp³-hybridized carbons (Fsp3) is 1.00. The first-order valence-electron chi connectivity index (χ1n) is 14.0. The molecule has 0 aromatic carbocycles. The summed E-state index contributed by atoms with van der Waals surface area (Å²) in [5.41, 5.74) is 2.63. The summed E-state index contributed by atoms with van der Waals surface area (Å²) in [6, 6.07) is 0. The van der Waals surface area contributed by atoms with Gasteiger partial charge >= 0.3 is 0 Å². The van der Waals surface area contributed by atoms with Crippen LogP contribution in [0.15, 0.2) is 0 Å². The predicted molar refractivity (Wildman–Crippen MR) is 131 cm³/mol. The maximum Gasteiger partial charge on any atom is 0.0459 e. The van der Waals surface area contributed by atoms with Gasteiger partial charge in [-0.25, -0.2) is 0 Å². The molecule has 0 aliphatic heterocycles. The Hall–Kier alpha value is -0.0400. The average Bonchev–Trinajstić information content (AvgIpc) is 3.04. The molecule has 0 aromatic heterocycles. The summed E-state index contributed by atoms with van der Waals surface area (Å²) in [5, 5.41) is 9.93. The van der Waals surface area contributed by atoms with E-state index >= 15 is 0 Å². The zero-order valence-electron chi connectivity index (χ0n) is 21.9. The summed E-state index contributed by atoms with van der Waals surface area (Å²) in [4.78, 5) is 0. The molecule has 5 fully saturated rings. The quantitative estimate of drug-likeness (QED) is 0.471. The van der Waals surface area contributed by atoms with Crippen molar-refractivity contribution in [1.29, 1.82) is 0 Å². The van der Waals surface area contributed by atoms with Crippen LogP contribution in [0.25, 0.3) is 0 Å². The van der Waals surface area contributed by atoms with Gasteiger partial charge in [0.1, 0.15) is 0 Å². The number of aliphatic hydroxyl groups excluding tert-OH is 1. The van der Waals surface area contributed by atoms with Gasteiger partial charge < -0.3 is 5.11 Å². The average molecular weight is 429 g/mol. The van der Waals surface area contributed by atoms with Gasteiger partial charge in [-0.1, -0.05) is 54.9 Å².